The highest BCUT2D eigenvalue weighted by Gasteiger charge is 2.46. The highest BCUT2D eigenvalue weighted by atomic mass is 16.7. The van der Waals surface area contributed by atoms with Crippen LogP contribution in [-0.2, 0) is 14.2 Å². The quantitative estimate of drug-likeness (QED) is 0.259. The molecule has 10 atom stereocenters. The molecule has 10 heteroatoms. The van der Waals surface area contributed by atoms with E-state index < -0.39 is 67.8 Å². The number of aliphatic hydroxyl groups excluding tert-OH is 7. The molecule has 0 aliphatic carbocycles. The second-order valence-corrected chi connectivity index (χ2v) is 6.20. The Labute approximate surface area is 138 Å². The highest BCUT2D eigenvalue weighted by molar-refractivity contribution is 4.94. The number of methoxy groups -OCH3 is 1. The van der Waals surface area contributed by atoms with Crippen molar-refractivity contribution in [1.82, 2.24) is 0 Å². The second kappa shape index (κ2) is 8.32. The van der Waals surface area contributed by atoms with E-state index in [2.05, 4.69) is 0 Å². The maximum atomic E-state index is 9.99. The van der Waals surface area contributed by atoms with Crippen molar-refractivity contribution in [3.05, 3.63) is 0 Å². The number of hydrogen-bond donors (Lipinski definition) is 7. The summed E-state index contributed by atoms with van der Waals surface area (Å²) in [4.78, 5) is 0. The molecule has 0 aromatic carbocycles. The van der Waals surface area contributed by atoms with Crippen LogP contribution in [0.25, 0.3) is 0 Å². The second-order valence-electron chi connectivity index (χ2n) is 6.20. The SMILES string of the molecule is CO[C@H]1OC(CC[C@H]2OC(CO)[C@@H](O)[C@H](O)[C@H]2O)[C@@H](O)[C@H](O)[C@H]1O. The lowest BCUT2D eigenvalue weighted by Gasteiger charge is -2.42. The van der Waals surface area contributed by atoms with E-state index in [1.54, 1.807) is 0 Å². The normalized spacial score (nSPS) is 50.0. The van der Waals surface area contributed by atoms with Gasteiger partial charge < -0.3 is 50.0 Å². The van der Waals surface area contributed by atoms with E-state index in [9.17, 15) is 30.6 Å². The lowest BCUT2D eigenvalue weighted by molar-refractivity contribution is -0.293. The third-order valence-electron chi connectivity index (χ3n) is 4.63. The van der Waals surface area contributed by atoms with Gasteiger partial charge in [0.05, 0.1) is 18.8 Å². The number of hydrogen-bond acceptors (Lipinski definition) is 10. The van der Waals surface area contributed by atoms with Crippen LogP contribution in [0, 0.1) is 0 Å². The van der Waals surface area contributed by atoms with Crippen molar-refractivity contribution in [2.24, 2.45) is 0 Å². The average Bonchev–Trinajstić information content (AvgIpc) is 2.58. The van der Waals surface area contributed by atoms with E-state index in [1.807, 2.05) is 0 Å². The topological polar surface area (TPSA) is 169 Å². The predicted octanol–water partition coefficient (Wildman–Crippen LogP) is -3.94. The van der Waals surface area contributed by atoms with Crippen molar-refractivity contribution in [2.75, 3.05) is 13.7 Å². The van der Waals surface area contributed by atoms with Gasteiger partial charge in [-0.1, -0.05) is 0 Å². The van der Waals surface area contributed by atoms with Gasteiger partial charge in [0.1, 0.15) is 42.7 Å². The van der Waals surface area contributed by atoms with Crippen LogP contribution in [0.1, 0.15) is 12.8 Å². The molecule has 2 saturated heterocycles. The molecular formula is C14H26O10. The van der Waals surface area contributed by atoms with Crippen molar-refractivity contribution < 1.29 is 50.0 Å². The summed E-state index contributed by atoms with van der Waals surface area (Å²) in [5.41, 5.74) is 0. The molecule has 142 valence electrons. The van der Waals surface area contributed by atoms with Crippen LogP contribution >= 0.6 is 0 Å². The van der Waals surface area contributed by atoms with E-state index in [1.165, 1.54) is 7.11 Å². The molecule has 2 unspecified atom stereocenters. The Balaban J connectivity index is 1.96. The summed E-state index contributed by atoms with van der Waals surface area (Å²) in [7, 11) is 1.28. The van der Waals surface area contributed by atoms with Crippen molar-refractivity contribution in [2.45, 2.75) is 74.1 Å². The Bertz CT molecular complexity index is 356. The highest BCUT2D eigenvalue weighted by Crippen LogP contribution is 2.28. The zero-order valence-corrected chi connectivity index (χ0v) is 13.3. The Hall–Kier alpha value is -0.400. The van der Waals surface area contributed by atoms with Gasteiger partial charge in [-0.25, -0.2) is 0 Å². The first-order chi connectivity index (χ1) is 11.3. The van der Waals surface area contributed by atoms with Crippen molar-refractivity contribution in [1.29, 1.82) is 0 Å². The molecule has 0 bridgehead atoms. The zero-order valence-electron chi connectivity index (χ0n) is 13.3. The van der Waals surface area contributed by atoms with E-state index in [0.717, 1.165) is 0 Å². The molecule has 2 aliphatic heterocycles. The van der Waals surface area contributed by atoms with Crippen LogP contribution in [0.2, 0.25) is 0 Å². The zero-order chi connectivity index (χ0) is 18.0. The van der Waals surface area contributed by atoms with Gasteiger partial charge in [-0.3, -0.25) is 0 Å². The van der Waals surface area contributed by atoms with Gasteiger partial charge in [-0.15, -0.1) is 0 Å². The minimum absolute atomic E-state index is 0.114. The first kappa shape index (κ1) is 19.9. The number of rotatable bonds is 5. The monoisotopic (exact) mass is 354 g/mol. The van der Waals surface area contributed by atoms with Gasteiger partial charge in [-0.05, 0) is 12.8 Å². The van der Waals surface area contributed by atoms with Gasteiger partial charge in [-0.2, -0.15) is 0 Å². The van der Waals surface area contributed by atoms with Gasteiger partial charge >= 0.3 is 0 Å². The first-order valence-electron chi connectivity index (χ1n) is 7.84. The molecule has 7 N–H and O–H groups in total. The van der Waals surface area contributed by atoms with Crippen LogP contribution in [0.5, 0.6) is 0 Å². The molecule has 0 radical (unpaired) electrons. The maximum Gasteiger partial charge on any atom is 0.186 e. The average molecular weight is 354 g/mol. The summed E-state index contributed by atoms with van der Waals surface area (Å²) >= 11 is 0. The molecule has 0 amide bonds. The minimum Gasteiger partial charge on any atom is -0.394 e. The Morgan fingerprint density at radius 3 is 1.62 bits per heavy atom. The molecule has 0 spiro atoms. The molecule has 0 saturated carbocycles. The van der Waals surface area contributed by atoms with Gasteiger partial charge in [0.25, 0.3) is 0 Å². The van der Waals surface area contributed by atoms with Crippen LogP contribution in [0.3, 0.4) is 0 Å². The molecule has 10 nitrogen and oxygen atoms in total. The molecule has 2 heterocycles. The summed E-state index contributed by atoms with van der Waals surface area (Å²) in [6.07, 6.45) is -12.2. The summed E-state index contributed by atoms with van der Waals surface area (Å²) in [6, 6.07) is 0. The fraction of sp³-hybridized carbons (Fsp3) is 1.00. The molecule has 0 aromatic rings. The lowest BCUT2D eigenvalue weighted by Crippen LogP contribution is -2.60. The summed E-state index contributed by atoms with van der Waals surface area (Å²) in [6.45, 7) is -0.527. The van der Waals surface area contributed by atoms with E-state index in [4.69, 9.17) is 19.3 Å². The fourth-order valence-electron chi connectivity index (χ4n) is 3.10. The standard InChI is InChI=1S/C14H26O10/c1-22-14-13(21)12(20)9(17)6(24-14)3-2-5-8(16)11(19)10(18)7(4-15)23-5/h5-21H,2-4H2,1H3/t5-,6?,7?,8+,9-,10-,11-,12+,13-,14+/m1/s1. The molecule has 2 fully saturated rings. The van der Waals surface area contributed by atoms with Crippen molar-refractivity contribution in [3.8, 4) is 0 Å². The Morgan fingerprint density at radius 1 is 0.667 bits per heavy atom. The van der Waals surface area contributed by atoms with Crippen LogP contribution < -0.4 is 0 Å². The molecule has 0 aromatic heterocycles. The third kappa shape index (κ3) is 3.88. The number of aliphatic hydroxyl groups is 7. The van der Waals surface area contributed by atoms with Gasteiger partial charge in [0.15, 0.2) is 6.29 Å². The van der Waals surface area contributed by atoms with Crippen molar-refractivity contribution in [3.63, 3.8) is 0 Å². The largest absolute Gasteiger partial charge is 0.394 e. The summed E-state index contributed by atoms with van der Waals surface area (Å²) in [5.74, 6) is 0. The van der Waals surface area contributed by atoms with Crippen molar-refractivity contribution >= 4 is 0 Å². The van der Waals surface area contributed by atoms with Crippen LogP contribution in [-0.4, -0.2) is 111 Å². The van der Waals surface area contributed by atoms with Gasteiger partial charge in [0.2, 0.25) is 0 Å². The minimum atomic E-state index is -1.47. The smallest absolute Gasteiger partial charge is 0.186 e. The van der Waals surface area contributed by atoms with E-state index >= 15 is 0 Å². The lowest BCUT2D eigenvalue weighted by atomic mass is 9.90. The summed E-state index contributed by atoms with van der Waals surface area (Å²) in [5, 5.41) is 68.1. The molecule has 24 heavy (non-hydrogen) atoms. The van der Waals surface area contributed by atoms with Gasteiger partial charge in [0, 0.05) is 7.11 Å². The fourth-order valence-corrected chi connectivity index (χ4v) is 3.10. The predicted molar refractivity (Wildman–Crippen MR) is 76.7 cm³/mol. The maximum absolute atomic E-state index is 9.99. The Morgan fingerprint density at radius 2 is 1.12 bits per heavy atom. The third-order valence-corrected chi connectivity index (χ3v) is 4.63. The molecular weight excluding hydrogens is 328 g/mol. The summed E-state index contributed by atoms with van der Waals surface area (Å²) < 4.78 is 15.6. The molecule has 2 aliphatic rings. The van der Waals surface area contributed by atoms with E-state index in [-0.39, 0.29) is 12.8 Å². The number of ether oxygens (including phenoxy) is 3. The van der Waals surface area contributed by atoms with Crippen LogP contribution in [0.15, 0.2) is 0 Å². The first-order valence-corrected chi connectivity index (χ1v) is 7.84. The van der Waals surface area contributed by atoms with E-state index in [0.29, 0.717) is 0 Å². The van der Waals surface area contributed by atoms with Crippen LogP contribution in [0.4, 0.5) is 0 Å². The molecule has 2 rings (SSSR count). The Kier molecular flexibility index (Phi) is 6.90.